The van der Waals surface area contributed by atoms with Crippen LogP contribution in [0, 0.1) is 0 Å². The Bertz CT molecular complexity index is 487. The molecule has 108 valence electrons. The summed E-state index contributed by atoms with van der Waals surface area (Å²) in [5.41, 5.74) is 0. The second-order valence-corrected chi connectivity index (χ2v) is 5.58. The summed E-state index contributed by atoms with van der Waals surface area (Å²) in [4.78, 5) is 10.9. The normalized spacial score (nSPS) is 11.7. The zero-order chi connectivity index (χ0) is 14.3. The van der Waals surface area contributed by atoms with Crippen molar-refractivity contribution < 1.29 is 17.9 Å². The Balaban J connectivity index is 2.35. The van der Waals surface area contributed by atoms with E-state index in [1.165, 1.54) is 25.0 Å². The first-order valence-electron chi connectivity index (χ1n) is 5.57. The highest BCUT2D eigenvalue weighted by atomic mass is 32.2. The van der Waals surface area contributed by atoms with Crippen molar-refractivity contribution in [3.8, 4) is 0 Å². The Morgan fingerprint density at radius 3 is 2.84 bits per heavy atom. The predicted molar refractivity (Wildman–Crippen MR) is 66.2 cm³/mol. The second-order valence-electron chi connectivity index (χ2n) is 3.71. The average molecular weight is 291 g/mol. The number of hydrogen-bond acceptors (Lipinski definition) is 6. The van der Waals surface area contributed by atoms with Crippen LogP contribution in [0.2, 0.25) is 0 Å². The van der Waals surface area contributed by atoms with Crippen LogP contribution in [0.4, 0.5) is 0 Å². The molecule has 0 amide bonds. The molecule has 1 rings (SSSR count). The van der Waals surface area contributed by atoms with Gasteiger partial charge in [0.2, 0.25) is 0 Å². The van der Waals surface area contributed by atoms with Crippen LogP contribution in [0.25, 0.3) is 0 Å². The van der Waals surface area contributed by atoms with Gasteiger partial charge in [0.25, 0.3) is 10.2 Å². The van der Waals surface area contributed by atoms with E-state index in [2.05, 4.69) is 19.8 Å². The second kappa shape index (κ2) is 7.16. The molecule has 0 aromatic carbocycles. The first-order chi connectivity index (χ1) is 8.95. The number of hydrogen-bond donors (Lipinski definition) is 1. The van der Waals surface area contributed by atoms with E-state index >= 15 is 0 Å². The van der Waals surface area contributed by atoms with Gasteiger partial charge in [0.15, 0.2) is 0 Å². The molecule has 1 aromatic rings. The quantitative estimate of drug-likeness (QED) is 0.591. The van der Waals surface area contributed by atoms with E-state index in [9.17, 15) is 13.2 Å². The molecule has 0 aliphatic heterocycles. The van der Waals surface area contributed by atoms with Gasteiger partial charge in [-0.05, 0) is 0 Å². The number of carbonyl (C=O) groups excluding carboxylic acids is 1. The predicted octanol–water partition coefficient (Wildman–Crippen LogP) is -1.39. The minimum Gasteiger partial charge on any atom is -0.469 e. The molecule has 0 fully saturated rings. The number of esters is 1. The summed E-state index contributed by atoms with van der Waals surface area (Å²) in [6.07, 6.45) is 3.16. The average Bonchev–Trinajstić information content (AvgIpc) is 2.88. The lowest BCUT2D eigenvalue weighted by molar-refractivity contribution is -0.140. The van der Waals surface area contributed by atoms with Crippen LogP contribution in [0.5, 0.6) is 0 Å². The largest absolute Gasteiger partial charge is 0.469 e. The number of rotatable bonds is 8. The van der Waals surface area contributed by atoms with Crippen molar-refractivity contribution in [2.75, 3.05) is 27.2 Å². The van der Waals surface area contributed by atoms with Gasteiger partial charge in [-0.2, -0.15) is 12.7 Å². The number of carbonyl (C=O) groups is 1. The number of ether oxygens (including phenoxy) is 1. The standard InChI is InChI=1S/C9H17N5O4S/c1-13(6-3-9(15)18-2)19(16,17)11-5-8-14-7-4-10-12-14/h4,7,11H,3,5-6,8H2,1-2H3. The summed E-state index contributed by atoms with van der Waals surface area (Å²) in [5.74, 6) is -0.454. The van der Waals surface area contributed by atoms with E-state index in [0.29, 0.717) is 6.54 Å². The van der Waals surface area contributed by atoms with Gasteiger partial charge in [-0.15, -0.1) is 5.10 Å². The molecule has 0 aliphatic carbocycles. The summed E-state index contributed by atoms with van der Waals surface area (Å²) in [5, 5.41) is 7.31. The monoisotopic (exact) mass is 291 g/mol. The molecule has 1 heterocycles. The summed E-state index contributed by atoms with van der Waals surface area (Å²) in [7, 11) is -0.957. The molecule has 0 spiro atoms. The molecule has 0 radical (unpaired) electrons. The molecule has 0 saturated heterocycles. The van der Waals surface area contributed by atoms with Gasteiger partial charge in [0.05, 0.1) is 26.3 Å². The number of aromatic nitrogens is 3. The molecule has 0 atom stereocenters. The lowest BCUT2D eigenvalue weighted by Crippen LogP contribution is -2.40. The first kappa shape index (κ1) is 15.5. The molecule has 9 nitrogen and oxygen atoms in total. The van der Waals surface area contributed by atoms with Gasteiger partial charge < -0.3 is 4.74 Å². The molecule has 0 saturated carbocycles. The third-order valence-corrected chi connectivity index (χ3v) is 3.94. The number of nitrogens with one attached hydrogen (secondary N) is 1. The maximum Gasteiger partial charge on any atom is 0.306 e. The van der Waals surface area contributed by atoms with Crippen molar-refractivity contribution in [1.29, 1.82) is 0 Å². The Morgan fingerprint density at radius 2 is 2.26 bits per heavy atom. The highest BCUT2D eigenvalue weighted by Gasteiger charge is 2.17. The molecule has 0 bridgehead atoms. The van der Waals surface area contributed by atoms with Crippen molar-refractivity contribution >= 4 is 16.2 Å². The van der Waals surface area contributed by atoms with Crippen LogP contribution >= 0.6 is 0 Å². The summed E-state index contributed by atoms with van der Waals surface area (Å²) in [6.45, 7) is 0.629. The number of nitrogens with zero attached hydrogens (tertiary/aromatic N) is 4. The Hall–Kier alpha value is -1.52. The minimum absolute atomic E-state index is 0.0109. The summed E-state index contributed by atoms with van der Waals surface area (Å²) >= 11 is 0. The van der Waals surface area contributed by atoms with Gasteiger partial charge in [-0.3, -0.25) is 9.48 Å². The maximum absolute atomic E-state index is 11.8. The molecule has 19 heavy (non-hydrogen) atoms. The van der Waals surface area contributed by atoms with Crippen LogP contribution in [0.3, 0.4) is 0 Å². The van der Waals surface area contributed by atoms with Crippen molar-refractivity contribution in [2.45, 2.75) is 13.0 Å². The maximum atomic E-state index is 11.8. The Morgan fingerprint density at radius 1 is 1.53 bits per heavy atom. The van der Waals surface area contributed by atoms with E-state index in [4.69, 9.17) is 0 Å². The van der Waals surface area contributed by atoms with Crippen LogP contribution in [0.15, 0.2) is 12.4 Å². The van der Waals surface area contributed by atoms with Gasteiger partial charge >= 0.3 is 5.97 Å². The molecular formula is C9H17N5O4S. The zero-order valence-corrected chi connectivity index (χ0v) is 11.6. The van der Waals surface area contributed by atoms with Gasteiger partial charge in [0, 0.05) is 26.3 Å². The van der Waals surface area contributed by atoms with E-state index in [1.807, 2.05) is 0 Å². The highest BCUT2D eigenvalue weighted by molar-refractivity contribution is 7.87. The van der Waals surface area contributed by atoms with E-state index in [-0.39, 0.29) is 19.5 Å². The minimum atomic E-state index is -3.60. The Kier molecular flexibility index (Phi) is 5.86. The van der Waals surface area contributed by atoms with Crippen molar-refractivity contribution in [3.63, 3.8) is 0 Å². The lowest BCUT2D eigenvalue weighted by atomic mass is 10.4. The SMILES string of the molecule is COC(=O)CCN(C)S(=O)(=O)NCCn1ccnn1. The van der Waals surface area contributed by atoms with Crippen LogP contribution in [-0.4, -0.2) is 60.9 Å². The van der Waals surface area contributed by atoms with Crippen LogP contribution in [-0.2, 0) is 26.3 Å². The molecular weight excluding hydrogens is 274 g/mol. The first-order valence-corrected chi connectivity index (χ1v) is 7.01. The third kappa shape index (κ3) is 5.32. The molecule has 1 N–H and O–H groups in total. The van der Waals surface area contributed by atoms with Crippen molar-refractivity contribution in [1.82, 2.24) is 24.0 Å². The van der Waals surface area contributed by atoms with E-state index in [1.54, 1.807) is 6.20 Å². The molecule has 10 heteroatoms. The highest BCUT2D eigenvalue weighted by Crippen LogP contribution is 1.96. The Labute approximate surface area is 111 Å². The fourth-order valence-electron chi connectivity index (χ4n) is 1.22. The van der Waals surface area contributed by atoms with Crippen LogP contribution in [0.1, 0.15) is 6.42 Å². The third-order valence-electron chi connectivity index (χ3n) is 2.37. The lowest BCUT2D eigenvalue weighted by Gasteiger charge is -2.16. The van der Waals surface area contributed by atoms with Gasteiger partial charge in [0.1, 0.15) is 0 Å². The topological polar surface area (TPSA) is 106 Å². The summed E-state index contributed by atoms with van der Waals surface area (Å²) in [6, 6.07) is 0. The smallest absolute Gasteiger partial charge is 0.306 e. The zero-order valence-electron chi connectivity index (χ0n) is 10.8. The van der Waals surface area contributed by atoms with Gasteiger partial charge in [-0.25, -0.2) is 4.72 Å². The fraction of sp³-hybridized carbons (Fsp3) is 0.667. The van der Waals surface area contributed by atoms with E-state index < -0.39 is 16.2 Å². The molecule has 0 unspecified atom stereocenters. The molecule has 1 aromatic heterocycles. The van der Waals surface area contributed by atoms with Crippen molar-refractivity contribution in [2.24, 2.45) is 0 Å². The van der Waals surface area contributed by atoms with Gasteiger partial charge in [-0.1, -0.05) is 5.21 Å². The molecule has 0 aliphatic rings. The van der Waals surface area contributed by atoms with Crippen molar-refractivity contribution in [3.05, 3.63) is 12.4 Å². The number of methoxy groups -OCH3 is 1. The van der Waals surface area contributed by atoms with Crippen LogP contribution < -0.4 is 4.72 Å². The van der Waals surface area contributed by atoms with E-state index in [0.717, 1.165) is 4.31 Å². The fourth-order valence-corrected chi connectivity index (χ4v) is 2.12. The summed E-state index contributed by atoms with van der Waals surface area (Å²) < 4.78 is 33.0.